The molecule has 9 heteroatoms. The third-order valence-corrected chi connectivity index (χ3v) is 4.69. The van der Waals surface area contributed by atoms with E-state index < -0.39 is 11.7 Å². The van der Waals surface area contributed by atoms with Crippen molar-refractivity contribution in [3.8, 4) is 0 Å². The number of rotatable bonds is 5. The van der Waals surface area contributed by atoms with Gasteiger partial charge in [-0.15, -0.1) is 0 Å². The number of amides is 2. The Kier molecular flexibility index (Phi) is 6.05. The average molecular weight is 400 g/mol. The predicted octanol–water partition coefficient (Wildman–Crippen LogP) is 1.84. The van der Waals surface area contributed by atoms with E-state index in [1.807, 2.05) is 27.9 Å². The summed E-state index contributed by atoms with van der Waals surface area (Å²) in [5.74, 6) is -1.02. The Morgan fingerprint density at radius 1 is 1.31 bits per heavy atom. The van der Waals surface area contributed by atoms with E-state index in [4.69, 9.17) is 0 Å². The van der Waals surface area contributed by atoms with Crippen LogP contribution in [0.2, 0.25) is 0 Å². The molecular weight excluding hydrogens is 375 g/mol. The quantitative estimate of drug-likeness (QED) is 0.824. The molecule has 2 amide bonds. The molecule has 154 valence electrons. The van der Waals surface area contributed by atoms with E-state index in [0.29, 0.717) is 36.7 Å². The molecule has 3 rings (SSSR count). The Morgan fingerprint density at radius 3 is 2.72 bits per heavy atom. The lowest BCUT2D eigenvalue weighted by molar-refractivity contribution is 0.0779. The maximum absolute atomic E-state index is 14.0. The van der Waals surface area contributed by atoms with Gasteiger partial charge in [0.25, 0.3) is 11.8 Å². The molecule has 0 aliphatic carbocycles. The van der Waals surface area contributed by atoms with Gasteiger partial charge in [0.2, 0.25) is 5.95 Å². The van der Waals surface area contributed by atoms with Gasteiger partial charge in [-0.25, -0.2) is 19.3 Å². The SMILES string of the molecule is CC(C)NC(=O)c1cnc(N(C)C)nc1C1CCN(C(=O)c2ncccc2F)C1. The minimum Gasteiger partial charge on any atom is -0.350 e. The number of hydrogen-bond acceptors (Lipinski definition) is 6. The van der Waals surface area contributed by atoms with Crippen LogP contribution in [-0.2, 0) is 0 Å². The minimum absolute atomic E-state index is 0.0299. The average Bonchev–Trinajstić information content (AvgIpc) is 3.17. The number of anilines is 1. The minimum atomic E-state index is -0.644. The third kappa shape index (κ3) is 4.49. The topological polar surface area (TPSA) is 91.3 Å². The van der Waals surface area contributed by atoms with Gasteiger partial charge in [-0.05, 0) is 32.4 Å². The fraction of sp³-hybridized carbons (Fsp3) is 0.450. The second kappa shape index (κ2) is 8.50. The summed E-state index contributed by atoms with van der Waals surface area (Å²) < 4.78 is 14.0. The van der Waals surface area contributed by atoms with Gasteiger partial charge in [0, 0.05) is 51.5 Å². The van der Waals surface area contributed by atoms with Crippen LogP contribution in [0, 0.1) is 5.82 Å². The van der Waals surface area contributed by atoms with Crippen molar-refractivity contribution < 1.29 is 14.0 Å². The number of likely N-dealkylation sites (tertiary alicyclic amines) is 1. The largest absolute Gasteiger partial charge is 0.350 e. The molecule has 1 atom stereocenters. The van der Waals surface area contributed by atoms with Crippen LogP contribution >= 0.6 is 0 Å². The smallest absolute Gasteiger partial charge is 0.275 e. The molecule has 1 fully saturated rings. The van der Waals surface area contributed by atoms with E-state index >= 15 is 0 Å². The van der Waals surface area contributed by atoms with Gasteiger partial charge in [-0.3, -0.25) is 9.59 Å². The molecule has 1 unspecified atom stereocenters. The van der Waals surface area contributed by atoms with Crippen LogP contribution in [-0.4, -0.2) is 64.9 Å². The summed E-state index contributed by atoms with van der Waals surface area (Å²) >= 11 is 0. The van der Waals surface area contributed by atoms with E-state index in [0.717, 1.165) is 0 Å². The molecule has 0 aromatic carbocycles. The third-order valence-electron chi connectivity index (χ3n) is 4.69. The molecule has 3 heterocycles. The number of nitrogens with zero attached hydrogens (tertiary/aromatic N) is 5. The number of halogens is 1. The van der Waals surface area contributed by atoms with Gasteiger partial charge in [0.15, 0.2) is 11.5 Å². The van der Waals surface area contributed by atoms with Crippen LogP contribution in [0.5, 0.6) is 0 Å². The van der Waals surface area contributed by atoms with E-state index in [1.165, 1.54) is 24.5 Å². The van der Waals surface area contributed by atoms with Crippen LogP contribution in [0.1, 0.15) is 52.7 Å². The van der Waals surface area contributed by atoms with Gasteiger partial charge >= 0.3 is 0 Å². The molecule has 1 aliphatic heterocycles. The summed E-state index contributed by atoms with van der Waals surface area (Å²) in [6, 6.07) is 2.63. The summed E-state index contributed by atoms with van der Waals surface area (Å²) in [4.78, 5) is 41.4. The molecule has 29 heavy (non-hydrogen) atoms. The number of hydrogen-bond donors (Lipinski definition) is 1. The monoisotopic (exact) mass is 400 g/mol. The zero-order valence-electron chi connectivity index (χ0n) is 17.0. The Labute approximate surface area is 169 Å². The summed E-state index contributed by atoms with van der Waals surface area (Å²) in [5.41, 5.74) is 0.800. The predicted molar refractivity (Wildman–Crippen MR) is 106 cm³/mol. The van der Waals surface area contributed by atoms with Crippen molar-refractivity contribution in [2.45, 2.75) is 32.2 Å². The Bertz CT molecular complexity index is 918. The van der Waals surface area contributed by atoms with Crippen molar-refractivity contribution in [3.05, 3.63) is 47.3 Å². The number of carbonyl (C=O) groups excluding carboxylic acids is 2. The highest BCUT2D eigenvalue weighted by Crippen LogP contribution is 2.30. The molecule has 2 aromatic heterocycles. The molecule has 2 aromatic rings. The zero-order valence-corrected chi connectivity index (χ0v) is 17.0. The summed E-state index contributed by atoms with van der Waals surface area (Å²) in [6.45, 7) is 4.53. The molecule has 0 spiro atoms. The molecule has 0 saturated carbocycles. The molecule has 0 bridgehead atoms. The van der Waals surface area contributed by atoms with E-state index in [2.05, 4.69) is 20.3 Å². The highest BCUT2D eigenvalue weighted by atomic mass is 19.1. The molecule has 1 aliphatic rings. The van der Waals surface area contributed by atoms with Crippen molar-refractivity contribution in [2.75, 3.05) is 32.1 Å². The van der Waals surface area contributed by atoms with Crippen molar-refractivity contribution >= 4 is 17.8 Å². The van der Waals surface area contributed by atoms with E-state index in [1.54, 1.807) is 9.80 Å². The molecule has 0 radical (unpaired) electrons. The first-order valence-corrected chi connectivity index (χ1v) is 9.52. The molecular formula is C20H25FN6O2. The van der Waals surface area contributed by atoms with Gasteiger partial charge < -0.3 is 15.1 Å². The first-order valence-electron chi connectivity index (χ1n) is 9.52. The molecule has 8 nitrogen and oxygen atoms in total. The fourth-order valence-electron chi connectivity index (χ4n) is 3.29. The fourth-order valence-corrected chi connectivity index (χ4v) is 3.29. The van der Waals surface area contributed by atoms with E-state index in [-0.39, 0.29) is 23.6 Å². The van der Waals surface area contributed by atoms with Crippen LogP contribution < -0.4 is 10.2 Å². The van der Waals surface area contributed by atoms with Crippen LogP contribution in [0.15, 0.2) is 24.5 Å². The van der Waals surface area contributed by atoms with Crippen LogP contribution in [0.3, 0.4) is 0 Å². The number of aromatic nitrogens is 3. The summed E-state index contributed by atoms with van der Waals surface area (Å²) in [6.07, 6.45) is 3.54. The lowest BCUT2D eigenvalue weighted by Gasteiger charge is -2.19. The van der Waals surface area contributed by atoms with Gasteiger partial charge in [0.1, 0.15) is 0 Å². The van der Waals surface area contributed by atoms with Gasteiger partial charge in [-0.1, -0.05) is 0 Å². The lowest BCUT2D eigenvalue weighted by Crippen LogP contribution is -2.33. The highest BCUT2D eigenvalue weighted by Gasteiger charge is 2.33. The van der Waals surface area contributed by atoms with Crippen molar-refractivity contribution in [1.29, 1.82) is 0 Å². The number of nitrogens with one attached hydrogen (secondary N) is 1. The van der Waals surface area contributed by atoms with Crippen LogP contribution in [0.25, 0.3) is 0 Å². The van der Waals surface area contributed by atoms with Crippen molar-refractivity contribution in [2.24, 2.45) is 0 Å². The summed E-state index contributed by atoms with van der Waals surface area (Å²) in [7, 11) is 3.64. The number of pyridine rings is 1. The number of carbonyl (C=O) groups is 2. The molecule has 1 saturated heterocycles. The Morgan fingerprint density at radius 2 is 2.07 bits per heavy atom. The first-order chi connectivity index (χ1) is 13.8. The Balaban J connectivity index is 1.88. The second-order valence-corrected chi connectivity index (χ2v) is 7.56. The normalized spacial score (nSPS) is 16.2. The molecule has 1 N–H and O–H groups in total. The van der Waals surface area contributed by atoms with Crippen molar-refractivity contribution in [1.82, 2.24) is 25.2 Å². The summed E-state index contributed by atoms with van der Waals surface area (Å²) in [5, 5.41) is 2.87. The van der Waals surface area contributed by atoms with Crippen molar-refractivity contribution in [3.63, 3.8) is 0 Å². The lowest BCUT2D eigenvalue weighted by atomic mass is 9.99. The van der Waals surface area contributed by atoms with Crippen LogP contribution in [0.4, 0.5) is 10.3 Å². The standard InChI is InChI=1S/C20H25FN6O2/c1-12(2)24-18(28)14-10-23-20(26(3)4)25-16(14)13-7-9-27(11-13)19(29)17-15(21)6-5-8-22-17/h5-6,8,10,12-13H,7,9,11H2,1-4H3,(H,24,28). The van der Waals surface area contributed by atoms with Gasteiger partial charge in [-0.2, -0.15) is 0 Å². The second-order valence-electron chi connectivity index (χ2n) is 7.56. The Hall–Kier alpha value is -3.10. The highest BCUT2D eigenvalue weighted by molar-refractivity contribution is 5.96. The first kappa shape index (κ1) is 20.6. The maximum atomic E-state index is 14.0. The zero-order chi connectivity index (χ0) is 21.1. The van der Waals surface area contributed by atoms with Gasteiger partial charge in [0.05, 0.1) is 11.3 Å². The maximum Gasteiger partial charge on any atom is 0.275 e. The van der Waals surface area contributed by atoms with E-state index in [9.17, 15) is 14.0 Å².